The molecule has 0 spiro atoms. The van der Waals surface area contributed by atoms with Crippen molar-refractivity contribution in [3.63, 3.8) is 0 Å². The number of hydrogen-bond donors (Lipinski definition) is 2. The molecule has 150 valence electrons. The van der Waals surface area contributed by atoms with Crippen molar-refractivity contribution in [2.75, 3.05) is 11.9 Å². The molecule has 28 heavy (non-hydrogen) atoms. The van der Waals surface area contributed by atoms with Gasteiger partial charge in [0.15, 0.2) is 5.13 Å². The van der Waals surface area contributed by atoms with Crippen LogP contribution in [0, 0.1) is 0 Å². The van der Waals surface area contributed by atoms with Crippen molar-refractivity contribution >= 4 is 57.2 Å². The van der Waals surface area contributed by atoms with Crippen molar-refractivity contribution in [1.29, 1.82) is 0 Å². The summed E-state index contributed by atoms with van der Waals surface area (Å²) in [6.45, 7) is 4.53. The van der Waals surface area contributed by atoms with E-state index in [1.807, 2.05) is 13.8 Å². The number of nitrogens with one attached hydrogen (secondary N) is 2. The highest BCUT2D eigenvalue weighted by atomic mass is 35.5. The summed E-state index contributed by atoms with van der Waals surface area (Å²) < 4.78 is 0. The Morgan fingerprint density at radius 3 is 2.86 bits per heavy atom. The van der Waals surface area contributed by atoms with E-state index in [4.69, 9.17) is 23.2 Å². The molecule has 2 heterocycles. The summed E-state index contributed by atoms with van der Waals surface area (Å²) in [5.74, 6) is -0.315. The Bertz CT molecular complexity index is 873. The van der Waals surface area contributed by atoms with Gasteiger partial charge in [-0.1, -0.05) is 30.1 Å². The maximum atomic E-state index is 12.9. The van der Waals surface area contributed by atoms with Crippen molar-refractivity contribution in [2.24, 2.45) is 0 Å². The molecule has 2 amide bonds. The quantitative estimate of drug-likeness (QED) is 0.681. The average molecular weight is 441 g/mol. The summed E-state index contributed by atoms with van der Waals surface area (Å²) in [4.78, 5) is 31.4. The second kappa shape index (κ2) is 9.11. The molecule has 0 unspecified atom stereocenters. The predicted molar refractivity (Wildman–Crippen MR) is 114 cm³/mol. The van der Waals surface area contributed by atoms with E-state index in [1.54, 1.807) is 28.5 Å². The number of thiazole rings is 1. The van der Waals surface area contributed by atoms with Gasteiger partial charge in [-0.2, -0.15) is 0 Å². The van der Waals surface area contributed by atoms with E-state index >= 15 is 0 Å². The minimum atomic E-state index is -0.435. The Hall–Kier alpha value is -1.83. The lowest BCUT2D eigenvalue weighted by molar-refractivity contribution is -0.125. The number of amides is 2. The van der Waals surface area contributed by atoms with Crippen molar-refractivity contribution in [1.82, 2.24) is 15.2 Å². The van der Waals surface area contributed by atoms with Gasteiger partial charge in [0.2, 0.25) is 5.91 Å². The topological polar surface area (TPSA) is 74.3 Å². The fraction of sp³-hybridized carbons (Fsp3) is 0.421. The molecule has 1 aromatic heterocycles. The number of aromatic nitrogens is 1. The van der Waals surface area contributed by atoms with Crippen LogP contribution in [0.5, 0.6) is 0 Å². The first-order chi connectivity index (χ1) is 13.4. The first-order valence-corrected chi connectivity index (χ1v) is 10.8. The summed E-state index contributed by atoms with van der Waals surface area (Å²) in [5, 5.41) is 9.27. The summed E-state index contributed by atoms with van der Waals surface area (Å²) in [7, 11) is 0. The number of hydrogen-bond acceptors (Lipinski definition) is 5. The molecule has 2 atom stereocenters. The van der Waals surface area contributed by atoms with Crippen LogP contribution in [0.3, 0.4) is 0 Å². The predicted octanol–water partition coefficient (Wildman–Crippen LogP) is 4.71. The van der Waals surface area contributed by atoms with E-state index in [-0.39, 0.29) is 17.9 Å². The number of carbonyl (C=O) groups is 2. The van der Waals surface area contributed by atoms with Gasteiger partial charge in [-0.3, -0.25) is 9.59 Å². The average Bonchev–Trinajstić information content (AvgIpc) is 3.33. The molecule has 1 aliphatic heterocycles. The lowest BCUT2D eigenvalue weighted by Crippen LogP contribution is -2.48. The van der Waals surface area contributed by atoms with Crippen LogP contribution in [0.1, 0.15) is 43.6 Å². The second-order valence-corrected chi connectivity index (χ2v) is 8.44. The molecule has 0 radical (unpaired) electrons. The van der Waals surface area contributed by atoms with Crippen LogP contribution < -0.4 is 10.6 Å². The monoisotopic (exact) mass is 440 g/mol. The third kappa shape index (κ3) is 4.77. The summed E-state index contributed by atoms with van der Waals surface area (Å²) in [6, 6.07) is 4.83. The zero-order valence-corrected chi connectivity index (χ0v) is 18.0. The zero-order chi connectivity index (χ0) is 20.3. The molecule has 1 fully saturated rings. The molecule has 1 saturated heterocycles. The highest BCUT2D eigenvalue weighted by molar-refractivity contribution is 7.14. The van der Waals surface area contributed by atoms with Gasteiger partial charge in [0.25, 0.3) is 5.91 Å². The Kier molecular flexibility index (Phi) is 6.80. The van der Waals surface area contributed by atoms with E-state index < -0.39 is 6.04 Å². The van der Waals surface area contributed by atoms with E-state index in [2.05, 4.69) is 15.6 Å². The molecule has 1 aromatic carbocycles. The first-order valence-electron chi connectivity index (χ1n) is 9.18. The standard InChI is InChI=1S/C19H22Cl2N4O2S/c1-3-11(2)22-17(26)16-5-4-8-25(16)18(27)15-10-28-19(24-15)23-12-6-7-13(20)14(21)9-12/h6-7,9-11,16H,3-5,8H2,1-2H3,(H,22,26)(H,23,24)/t11-,16-/m1/s1. The van der Waals surface area contributed by atoms with Gasteiger partial charge in [-0.15, -0.1) is 11.3 Å². The van der Waals surface area contributed by atoms with Crippen molar-refractivity contribution in [3.05, 3.63) is 39.3 Å². The van der Waals surface area contributed by atoms with Crippen molar-refractivity contribution < 1.29 is 9.59 Å². The smallest absolute Gasteiger partial charge is 0.274 e. The summed E-state index contributed by atoms with van der Waals surface area (Å²) in [5.41, 5.74) is 1.06. The number of rotatable bonds is 6. The normalized spacial score (nSPS) is 17.4. The molecule has 2 aromatic rings. The zero-order valence-electron chi connectivity index (χ0n) is 15.7. The molecule has 0 aliphatic carbocycles. The largest absolute Gasteiger partial charge is 0.352 e. The Balaban J connectivity index is 1.69. The van der Waals surface area contributed by atoms with Crippen LogP contribution in [-0.4, -0.2) is 40.3 Å². The number of halogens is 2. The van der Waals surface area contributed by atoms with Gasteiger partial charge in [0.1, 0.15) is 11.7 Å². The molecular weight excluding hydrogens is 419 g/mol. The van der Waals surface area contributed by atoms with Gasteiger partial charge in [-0.05, 0) is 44.4 Å². The third-order valence-electron chi connectivity index (χ3n) is 4.71. The Labute approximate surface area is 178 Å². The highest BCUT2D eigenvalue weighted by Crippen LogP contribution is 2.29. The molecule has 9 heteroatoms. The van der Waals surface area contributed by atoms with Crippen LogP contribution >= 0.6 is 34.5 Å². The van der Waals surface area contributed by atoms with Gasteiger partial charge >= 0.3 is 0 Å². The summed E-state index contributed by atoms with van der Waals surface area (Å²) >= 11 is 13.3. The number of likely N-dealkylation sites (tertiary alicyclic amines) is 1. The van der Waals surface area contributed by atoms with E-state index in [9.17, 15) is 9.59 Å². The Morgan fingerprint density at radius 2 is 2.14 bits per heavy atom. The lowest BCUT2D eigenvalue weighted by atomic mass is 10.1. The second-order valence-electron chi connectivity index (χ2n) is 6.77. The van der Waals surface area contributed by atoms with Crippen LogP contribution in [0.15, 0.2) is 23.6 Å². The minimum absolute atomic E-state index is 0.0892. The number of carbonyl (C=O) groups excluding carboxylic acids is 2. The molecule has 3 rings (SSSR count). The molecule has 0 bridgehead atoms. The molecule has 1 aliphatic rings. The lowest BCUT2D eigenvalue weighted by Gasteiger charge is -2.24. The molecule has 0 saturated carbocycles. The maximum Gasteiger partial charge on any atom is 0.274 e. The third-order valence-corrected chi connectivity index (χ3v) is 6.21. The van der Waals surface area contributed by atoms with Crippen LogP contribution in [0.2, 0.25) is 10.0 Å². The number of benzene rings is 1. The highest BCUT2D eigenvalue weighted by Gasteiger charge is 2.35. The molecular formula is C19H22Cl2N4O2S. The SMILES string of the molecule is CC[C@@H](C)NC(=O)[C@H]1CCCN1C(=O)c1csc(Nc2ccc(Cl)c(Cl)c2)n1. The van der Waals surface area contributed by atoms with Gasteiger partial charge in [0, 0.05) is 23.7 Å². The molecule has 6 nitrogen and oxygen atoms in total. The van der Waals surface area contributed by atoms with Gasteiger partial charge in [-0.25, -0.2) is 4.98 Å². The Morgan fingerprint density at radius 1 is 1.36 bits per heavy atom. The van der Waals surface area contributed by atoms with Crippen LogP contribution in [0.4, 0.5) is 10.8 Å². The molecule has 2 N–H and O–H groups in total. The van der Waals surface area contributed by atoms with E-state index in [0.29, 0.717) is 33.8 Å². The van der Waals surface area contributed by atoms with E-state index in [0.717, 1.165) is 18.5 Å². The van der Waals surface area contributed by atoms with Gasteiger partial charge in [0.05, 0.1) is 10.0 Å². The first kappa shape index (κ1) is 20.9. The maximum absolute atomic E-state index is 12.9. The van der Waals surface area contributed by atoms with Crippen LogP contribution in [0.25, 0.3) is 0 Å². The minimum Gasteiger partial charge on any atom is -0.352 e. The van der Waals surface area contributed by atoms with Crippen molar-refractivity contribution in [2.45, 2.75) is 45.2 Å². The fourth-order valence-corrected chi connectivity index (χ4v) is 4.00. The number of nitrogens with zero attached hydrogens (tertiary/aromatic N) is 2. The van der Waals surface area contributed by atoms with Crippen LogP contribution in [-0.2, 0) is 4.79 Å². The van der Waals surface area contributed by atoms with Crippen molar-refractivity contribution in [3.8, 4) is 0 Å². The fourth-order valence-electron chi connectivity index (χ4n) is 3.00. The van der Waals surface area contributed by atoms with Gasteiger partial charge < -0.3 is 15.5 Å². The number of anilines is 2. The van der Waals surface area contributed by atoms with E-state index in [1.165, 1.54) is 11.3 Å². The summed E-state index contributed by atoms with van der Waals surface area (Å²) in [6.07, 6.45) is 2.33.